The summed E-state index contributed by atoms with van der Waals surface area (Å²) in [6.45, 7) is 1.78. The van der Waals surface area contributed by atoms with Crippen LogP contribution in [0.25, 0.3) is 0 Å². The van der Waals surface area contributed by atoms with Crippen LogP contribution in [-0.4, -0.2) is 13.7 Å². The maximum absolute atomic E-state index is 5.46. The number of rotatable bonds is 2. The Bertz CT molecular complexity index is 283. The summed E-state index contributed by atoms with van der Waals surface area (Å²) in [4.78, 5) is 0. The number of benzene rings is 1. The lowest BCUT2D eigenvalue weighted by Crippen LogP contribution is -2.06. The minimum atomic E-state index is 0.843. The minimum Gasteiger partial charge on any atom is -0.493 e. The summed E-state index contributed by atoms with van der Waals surface area (Å²) in [5.41, 5.74) is 2.75. The molecule has 1 aliphatic rings. The third-order valence-electron chi connectivity index (χ3n) is 2.21. The molecule has 0 aromatic heterocycles. The zero-order valence-corrected chi connectivity index (χ0v) is 7.26. The van der Waals surface area contributed by atoms with Crippen LogP contribution in [0.4, 0.5) is 0 Å². The SMILES string of the molecule is CNCc1cccc2c1CCO2. The summed E-state index contributed by atoms with van der Waals surface area (Å²) in [5, 5.41) is 3.16. The summed E-state index contributed by atoms with van der Waals surface area (Å²) < 4.78 is 5.46. The third-order valence-corrected chi connectivity index (χ3v) is 2.21. The quantitative estimate of drug-likeness (QED) is 0.710. The topological polar surface area (TPSA) is 21.3 Å². The second-order valence-electron chi connectivity index (χ2n) is 3.02. The molecule has 2 nitrogen and oxygen atoms in total. The molecular weight excluding hydrogens is 150 g/mol. The van der Waals surface area contributed by atoms with Crippen molar-refractivity contribution in [3.8, 4) is 5.75 Å². The van der Waals surface area contributed by atoms with Crippen LogP contribution in [0.15, 0.2) is 18.2 Å². The van der Waals surface area contributed by atoms with Crippen molar-refractivity contribution in [3.05, 3.63) is 29.3 Å². The van der Waals surface area contributed by atoms with E-state index in [2.05, 4.69) is 17.4 Å². The Morgan fingerprint density at radius 1 is 1.50 bits per heavy atom. The molecule has 1 aliphatic heterocycles. The highest BCUT2D eigenvalue weighted by atomic mass is 16.5. The summed E-state index contributed by atoms with van der Waals surface area (Å²) in [5.74, 6) is 1.07. The molecule has 0 aliphatic carbocycles. The van der Waals surface area contributed by atoms with Gasteiger partial charge in [-0.15, -0.1) is 0 Å². The Hall–Kier alpha value is -1.02. The van der Waals surface area contributed by atoms with Gasteiger partial charge in [-0.05, 0) is 18.7 Å². The Morgan fingerprint density at radius 2 is 2.42 bits per heavy atom. The third kappa shape index (κ3) is 1.18. The molecule has 2 heteroatoms. The lowest BCUT2D eigenvalue weighted by Gasteiger charge is -2.05. The molecule has 1 heterocycles. The van der Waals surface area contributed by atoms with Crippen LogP contribution in [-0.2, 0) is 13.0 Å². The van der Waals surface area contributed by atoms with Crippen LogP contribution in [0.5, 0.6) is 5.75 Å². The molecule has 0 atom stereocenters. The number of hydrogen-bond acceptors (Lipinski definition) is 2. The Morgan fingerprint density at radius 3 is 3.25 bits per heavy atom. The molecule has 0 saturated heterocycles. The summed E-state index contributed by atoms with van der Waals surface area (Å²) in [7, 11) is 1.97. The smallest absolute Gasteiger partial charge is 0.122 e. The highest BCUT2D eigenvalue weighted by molar-refractivity contribution is 5.42. The summed E-state index contributed by atoms with van der Waals surface area (Å²) in [6.07, 6.45) is 1.06. The van der Waals surface area contributed by atoms with Gasteiger partial charge in [-0.25, -0.2) is 0 Å². The largest absolute Gasteiger partial charge is 0.493 e. The molecule has 0 saturated carbocycles. The normalized spacial score (nSPS) is 14.1. The first-order valence-electron chi connectivity index (χ1n) is 4.30. The van der Waals surface area contributed by atoms with Crippen LogP contribution < -0.4 is 10.1 Å². The fraction of sp³-hybridized carbons (Fsp3) is 0.400. The van der Waals surface area contributed by atoms with E-state index < -0.39 is 0 Å². The first-order valence-corrected chi connectivity index (χ1v) is 4.30. The van der Waals surface area contributed by atoms with Gasteiger partial charge in [0.15, 0.2) is 0 Å². The molecule has 0 unspecified atom stereocenters. The van der Waals surface area contributed by atoms with Gasteiger partial charge in [0.05, 0.1) is 6.61 Å². The first-order chi connectivity index (χ1) is 5.92. The molecule has 0 spiro atoms. The van der Waals surface area contributed by atoms with Crippen LogP contribution in [0.2, 0.25) is 0 Å². The van der Waals surface area contributed by atoms with Crippen molar-refractivity contribution in [2.75, 3.05) is 13.7 Å². The zero-order chi connectivity index (χ0) is 8.39. The van der Waals surface area contributed by atoms with Crippen molar-refractivity contribution in [2.45, 2.75) is 13.0 Å². The lowest BCUT2D eigenvalue weighted by atomic mass is 10.1. The molecule has 0 radical (unpaired) electrons. The van der Waals surface area contributed by atoms with E-state index in [0.717, 1.165) is 25.3 Å². The van der Waals surface area contributed by atoms with Crippen molar-refractivity contribution in [1.82, 2.24) is 5.32 Å². The Labute approximate surface area is 72.5 Å². The number of hydrogen-bond donors (Lipinski definition) is 1. The number of nitrogens with one attached hydrogen (secondary N) is 1. The molecule has 64 valence electrons. The fourth-order valence-electron chi connectivity index (χ4n) is 1.65. The molecule has 1 N–H and O–H groups in total. The van der Waals surface area contributed by atoms with Crippen LogP contribution in [0.3, 0.4) is 0 Å². The van der Waals surface area contributed by atoms with E-state index in [0.29, 0.717) is 0 Å². The van der Waals surface area contributed by atoms with Gasteiger partial charge in [0.25, 0.3) is 0 Å². The Balaban J connectivity index is 2.36. The van der Waals surface area contributed by atoms with Gasteiger partial charge >= 0.3 is 0 Å². The van der Waals surface area contributed by atoms with Crippen LogP contribution in [0.1, 0.15) is 11.1 Å². The minimum absolute atomic E-state index is 0.843. The average molecular weight is 163 g/mol. The number of fused-ring (bicyclic) bond motifs is 1. The van der Waals surface area contributed by atoms with Gasteiger partial charge in [0.2, 0.25) is 0 Å². The van der Waals surface area contributed by atoms with E-state index in [1.54, 1.807) is 0 Å². The standard InChI is InChI=1S/C10H13NO/c1-11-7-8-3-2-4-10-9(8)5-6-12-10/h2-4,11H,5-7H2,1H3. The lowest BCUT2D eigenvalue weighted by molar-refractivity contribution is 0.357. The number of ether oxygens (including phenoxy) is 1. The van der Waals surface area contributed by atoms with Crippen molar-refractivity contribution >= 4 is 0 Å². The van der Waals surface area contributed by atoms with E-state index in [1.807, 2.05) is 13.1 Å². The maximum atomic E-state index is 5.46. The Kier molecular flexibility index (Phi) is 2.00. The summed E-state index contributed by atoms with van der Waals surface area (Å²) >= 11 is 0. The maximum Gasteiger partial charge on any atom is 0.122 e. The predicted octanol–water partition coefficient (Wildman–Crippen LogP) is 1.34. The van der Waals surface area contributed by atoms with Crippen molar-refractivity contribution < 1.29 is 4.74 Å². The monoisotopic (exact) mass is 163 g/mol. The molecular formula is C10H13NO. The van der Waals surface area contributed by atoms with Crippen molar-refractivity contribution in [2.24, 2.45) is 0 Å². The summed E-state index contributed by atoms with van der Waals surface area (Å²) in [6, 6.07) is 6.25. The molecule has 2 rings (SSSR count). The fourth-order valence-corrected chi connectivity index (χ4v) is 1.65. The molecule has 0 fully saturated rings. The predicted molar refractivity (Wildman–Crippen MR) is 48.4 cm³/mol. The molecule has 0 bridgehead atoms. The van der Waals surface area contributed by atoms with E-state index in [4.69, 9.17) is 4.74 Å². The van der Waals surface area contributed by atoms with E-state index >= 15 is 0 Å². The highest BCUT2D eigenvalue weighted by Gasteiger charge is 2.14. The molecule has 0 amide bonds. The van der Waals surface area contributed by atoms with Gasteiger partial charge in [-0.3, -0.25) is 0 Å². The van der Waals surface area contributed by atoms with Gasteiger partial charge < -0.3 is 10.1 Å². The average Bonchev–Trinajstić information content (AvgIpc) is 2.53. The van der Waals surface area contributed by atoms with Gasteiger partial charge in [-0.1, -0.05) is 12.1 Å². The van der Waals surface area contributed by atoms with E-state index in [-0.39, 0.29) is 0 Å². The van der Waals surface area contributed by atoms with Gasteiger partial charge in [0.1, 0.15) is 5.75 Å². The van der Waals surface area contributed by atoms with E-state index in [1.165, 1.54) is 11.1 Å². The molecule has 1 aromatic rings. The van der Waals surface area contributed by atoms with Crippen molar-refractivity contribution in [3.63, 3.8) is 0 Å². The van der Waals surface area contributed by atoms with Crippen LogP contribution in [0, 0.1) is 0 Å². The second-order valence-corrected chi connectivity index (χ2v) is 3.02. The first kappa shape index (κ1) is 7.62. The van der Waals surface area contributed by atoms with E-state index in [9.17, 15) is 0 Å². The van der Waals surface area contributed by atoms with Gasteiger partial charge in [0, 0.05) is 18.5 Å². The molecule has 12 heavy (non-hydrogen) atoms. The van der Waals surface area contributed by atoms with Crippen molar-refractivity contribution in [1.29, 1.82) is 0 Å². The molecule has 1 aromatic carbocycles. The van der Waals surface area contributed by atoms with Gasteiger partial charge in [-0.2, -0.15) is 0 Å². The second kappa shape index (κ2) is 3.15. The zero-order valence-electron chi connectivity index (χ0n) is 7.26. The highest BCUT2D eigenvalue weighted by Crippen LogP contribution is 2.27. The van der Waals surface area contributed by atoms with Crippen LogP contribution >= 0.6 is 0 Å².